The van der Waals surface area contributed by atoms with Crippen molar-refractivity contribution in [1.29, 1.82) is 0 Å². The van der Waals surface area contributed by atoms with Crippen molar-refractivity contribution in [3.63, 3.8) is 0 Å². The van der Waals surface area contributed by atoms with Gasteiger partial charge in [0.05, 0.1) is 6.42 Å². The van der Waals surface area contributed by atoms with E-state index in [4.69, 9.17) is 9.47 Å². The summed E-state index contributed by atoms with van der Waals surface area (Å²) in [7, 11) is 2.79. The molecule has 1 saturated heterocycles. The van der Waals surface area contributed by atoms with Gasteiger partial charge in [-0.15, -0.1) is 0 Å². The van der Waals surface area contributed by atoms with Gasteiger partial charge in [-0.05, 0) is 0 Å². The molecule has 0 saturated carbocycles. The van der Waals surface area contributed by atoms with Crippen LogP contribution in [0.25, 0.3) is 0 Å². The highest BCUT2D eigenvalue weighted by Crippen LogP contribution is 2.15. The van der Waals surface area contributed by atoms with E-state index < -0.39 is 24.1 Å². The summed E-state index contributed by atoms with van der Waals surface area (Å²) in [5.74, 6) is -1.25. The lowest BCUT2D eigenvalue weighted by molar-refractivity contribution is -0.184. The summed E-state index contributed by atoms with van der Waals surface area (Å²) in [6, 6.07) is 0. The first-order valence-electron chi connectivity index (χ1n) is 3.49. The minimum absolute atomic E-state index is 0.0563. The molecule has 5 nitrogen and oxygen atoms in total. The highest BCUT2D eigenvalue weighted by atomic mass is 16.6. The average molecular weight is 174 g/mol. The van der Waals surface area contributed by atoms with Gasteiger partial charge in [-0.3, -0.25) is 4.79 Å². The second-order valence-corrected chi connectivity index (χ2v) is 2.43. The van der Waals surface area contributed by atoms with E-state index in [9.17, 15) is 9.59 Å². The summed E-state index contributed by atoms with van der Waals surface area (Å²) in [6.07, 6.45) is -1.25. The van der Waals surface area contributed by atoms with E-state index in [1.54, 1.807) is 0 Å². The zero-order valence-electron chi connectivity index (χ0n) is 6.90. The molecule has 68 valence electrons. The number of hydrogen-bond acceptors (Lipinski definition) is 5. The molecule has 1 rings (SSSR count). The van der Waals surface area contributed by atoms with Crippen molar-refractivity contribution in [3.8, 4) is 0 Å². The first-order valence-corrected chi connectivity index (χ1v) is 3.49. The smallest absolute Gasteiger partial charge is 0.345 e. The Morgan fingerprint density at radius 1 is 1.33 bits per heavy atom. The second-order valence-electron chi connectivity index (χ2n) is 2.43. The maximum absolute atomic E-state index is 11.0. The summed E-state index contributed by atoms with van der Waals surface area (Å²) in [5.41, 5.74) is 0. The largest absolute Gasteiger partial charge is 0.391 e. The molecule has 0 aromatic heterocycles. The lowest BCUT2D eigenvalue weighted by Gasteiger charge is -2.25. The summed E-state index contributed by atoms with van der Waals surface area (Å²) in [4.78, 5) is 21.7. The van der Waals surface area contributed by atoms with E-state index in [1.807, 2.05) is 0 Å². The van der Waals surface area contributed by atoms with Crippen LogP contribution in [0.2, 0.25) is 0 Å². The van der Waals surface area contributed by atoms with E-state index in [0.717, 1.165) is 0 Å². The Morgan fingerprint density at radius 3 is 2.50 bits per heavy atom. The fourth-order valence-corrected chi connectivity index (χ4v) is 1.09. The highest BCUT2D eigenvalue weighted by molar-refractivity contribution is 5.91. The summed E-state index contributed by atoms with van der Waals surface area (Å²) < 4.78 is 14.0. The molecule has 0 bridgehead atoms. The molecule has 5 heteroatoms. The number of hydrogen-bond donors (Lipinski definition) is 0. The van der Waals surface area contributed by atoms with E-state index in [-0.39, 0.29) is 6.42 Å². The predicted octanol–water partition coefficient (Wildman–Crippen LogP) is -0.510. The van der Waals surface area contributed by atoms with Crippen molar-refractivity contribution in [2.24, 2.45) is 0 Å². The van der Waals surface area contributed by atoms with Crippen LogP contribution in [0.4, 0.5) is 0 Å². The van der Waals surface area contributed by atoms with Crippen LogP contribution in [0.5, 0.6) is 0 Å². The summed E-state index contributed by atoms with van der Waals surface area (Å²) >= 11 is 0. The first kappa shape index (κ1) is 9.15. The Morgan fingerprint density at radius 2 is 2.00 bits per heavy atom. The monoisotopic (exact) mass is 174 g/mol. The molecule has 0 aromatic carbocycles. The van der Waals surface area contributed by atoms with Crippen LogP contribution in [-0.2, 0) is 23.8 Å². The molecule has 0 spiro atoms. The van der Waals surface area contributed by atoms with Gasteiger partial charge in [0.1, 0.15) is 6.10 Å². The number of rotatable bonds is 2. The quantitative estimate of drug-likeness (QED) is 0.416. The standard InChI is InChI=1S/C7H10O5/c1-10-4-3-5(8)12-7(9)6(4)11-2/h4,6H,3H2,1-2H3. The third kappa shape index (κ3) is 1.62. The van der Waals surface area contributed by atoms with Crippen LogP contribution in [0.3, 0.4) is 0 Å². The van der Waals surface area contributed by atoms with Gasteiger partial charge in [0.15, 0.2) is 6.10 Å². The van der Waals surface area contributed by atoms with Gasteiger partial charge in [-0.25, -0.2) is 4.79 Å². The molecule has 0 radical (unpaired) electrons. The molecule has 0 aromatic rings. The van der Waals surface area contributed by atoms with Crippen LogP contribution in [0.1, 0.15) is 6.42 Å². The zero-order valence-corrected chi connectivity index (χ0v) is 6.90. The molecule has 1 fully saturated rings. The van der Waals surface area contributed by atoms with Gasteiger partial charge >= 0.3 is 11.9 Å². The number of ether oxygens (including phenoxy) is 3. The Bertz CT molecular complexity index is 200. The lowest BCUT2D eigenvalue weighted by Crippen LogP contribution is -2.45. The minimum atomic E-state index is -0.785. The Hall–Kier alpha value is -0.940. The second kappa shape index (κ2) is 3.64. The van der Waals surface area contributed by atoms with E-state index >= 15 is 0 Å². The van der Waals surface area contributed by atoms with Crippen LogP contribution < -0.4 is 0 Å². The van der Waals surface area contributed by atoms with Crippen LogP contribution in [0.15, 0.2) is 0 Å². The highest BCUT2D eigenvalue weighted by Gasteiger charge is 2.38. The summed E-state index contributed by atoms with van der Waals surface area (Å²) in [5, 5.41) is 0. The molecule has 2 unspecified atom stereocenters. The number of carbonyl (C=O) groups is 2. The van der Waals surface area contributed by atoms with E-state index in [1.165, 1.54) is 14.2 Å². The first-order chi connectivity index (χ1) is 5.69. The topological polar surface area (TPSA) is 61.8 Å². The zero-order chi connectivity index (χ0) is 9.14. The molecule has 1 aliphatic heterocycles. The van der Waals surface area contributed by atoms with Crippen molar-refractivity contribution in [2.45, 2.75) is 18.6 Å². The average Bonchev–Trinajstić information content (AvgIpc) is 2.03. The molecule has 0 amide bonds. The number of carbonyl (C=O) groups excluding carboxylic acids is 2. The lowest BCUT2D eigenvalue weighted by atomic mass is 10.1. The van der Waals surface area contributed by atoms with Crippen molar-refractivity contribution in [1.82, 2.24) is 0 Å². The van der Waals surface area contributed by atoms with Crippen molar-refractivity contribution in [2.75, 3.05) is 14.2 Å². The Kier molecular flexibility index (Phi) is 2.78. The van der Waals surface area contributed by atoms with Crippen LogP contribution in [-0.4, -0.2) is 38.4 Å². The normalized spacial score (nSPS) is 30.2. The third-order valence-electron chi connectivity index (χ3n) is 1.71. The molecule has 1 heterocycles. The molecule has 0 N–H and O–H groups in total. The van der Waals surface area contributed by atoms with Crippen LogP contribution in [0, 0.1) is 0 Å². The van der Waals surface area contributed by atoms with E-state index in [0.29, 0.717) is 0 Å². The number of esters is 2. The van der Waals surface area contributed by atoms with Crippen molar-refractivity contribution >= 4 is 11.9 Å². The van der Waals surface area contributed by atoms with Crippen molar-refractivity contribution in [3.05, 3.63) is 0 Å². The minimum Gasteiger partial charge on any atom is -0.391 e. The molecule has 2 atom stereocenters. The molecule has 0 aliphatic carbocycles. The third-order valence-corrected chi connectivity index (χ3v) is 1.71. The molecular weight excluding hydrogens is 164 g/mol. The van der Waals surface area contributed by atoms with Crippen LogP contribution >= 0.6 is 0 Å². The Labute approximate surface area is 69.6 Å². The molecule has 12 heavy (non-hydrogen) atoms. The Balaban J connectivity index is 2.69. The van der Waals surface area contributed by atoms with Gasteiger partial charge in [-0.1, -0.05) is 0 Å². The van der Waals surface area contributed by atoms with Gasteiger partial charge < -0.3 is 14.2 Å². The number of cyclic esters (lactones) is 2. The van der Waals surface area contributed by atoms with Crippen molar-refractivity contribution < 1.29 is 23.8 Å². The predicted molar refractivity (Wildman–Crippen MR) is 37.3 cm³/mol. The van der Waals surface area contributed by atoms with Gasteiger partial charge in [0.2, 0.25) is 0 Å². The molecular formula is C7H10O5. The maximum atomic E-state index is 11.0. The van der Waals surface area contributed by atoms with E-state index in [2.05, 4.69) is 4.74 Å². The number of methoxy groups -OCH3 is 2. The SMILES string of the molecule is COC1CC(=O)OC(=O)C1OC. The van der Waals surface area contributed by atoms with Gasteiger partial charge in [-0.2, -0.15) is 0 Å². The van der Waals surface area contributed by atoms with Gasteiger partial charge in [0, 0.05) is 14.2 Å². The van der Waals surface area contributed by atoms with Gasteiger partial charge in [0.25, 0.3) is 0 Å². The fourth-order valence-electron chi connectivity index (χ4n) is 1.09. The molecule has 1 aliphatic rings. The summed E-state index contributed by atoms with van der Waals surface area (Å²) in [6.45, 7) is 0. The maximum Gasteiger partial charge on any atom is 0.345 e. The fraction of sp³-hybridized carbons (Fsp3) is 0.714.